The van der Waals surface area contributed by atoms with Crippen LogP contribution in [0.2, 0.25) is 5.28 Å². The van der Waals surface area contributed by atoms with Gasteiger partial charge in [0.25, 0.3) is 0 Å². The van der Waals surface area contributed by atoms with Crippen LogP contribution in [0.3, 0.4) is 0 Å². The van der Waals surface area contributed by atoms with Gasteiger partial charge in [0, 0.05) is 30.1 Å². The predicted octanol–water partition coefficient (Wildman–Crippen LogP) is 4.77. The van der Waals surface area contributed by atoms with Crippen LogP contribution >= 0.6 is 23.7 Å². The molecule has 0 aromatic carbocycles. The molecule has 1 fully saturated rings. The van der Waals surface area contributed by atoms with Crippen molar-refractivity contribution >= 4 is 46.6 Å². The van der Waals surface area contributed by atoms with E-state index in [9.17, 15) is 8.68 Å². The summed E-state index contributed by atoms with van der Waals surface area (Å²) in [5.41, 5.74) is 0.955. The quantitative estimate of drug-likeness (QED) is 0.580. The lowest BCUT2D eigenvalue weighted by atomic mass is 9.95. The standard InChI is InChI=1S/C14H17ClN4O2.C2H5FS/c1-21-13(20)9-7-16-11-10(9)12(19-14(15)18-11)17-8-5-3-2-4-6-8;1-2-4-3/h7-8H,2-6H2,1H3,(H2,16,17,18,19);2H2,1H3. The Morgan fingerprint density at radius 2 is 2.12 bits per heavy atom. The van der Waals surface area contributed by atoms with Gasteiger partial charge in [0.05, 0.1) is 18.1 Å². The summed E-state index contributed by atoms with van der Waals surface area (Å²) in [6.45, 7) is 1.77. The van der Waals surface area contributed by atoms with Gasteiger partial charge >= 0.3 is 5.97 Å². The molecule has 25 heavy (non-hydrogen) atoms. The summed E-state index contributed by atoms with van der Waals surface area (Å²) in [4.78, 5) is 23.2. The van der Waals surface area contributed by atoms with E-state index in [-0.39, 0.29) is 5.28 Å². The summed E-state index contributed by atoms with van der Waals surface area (Å²) in [5, 5.41) is 4.19. The zero-order valence-corrected chi connectivity index (χ0v) is 15.8. The Morgan fingerprint density at radius 1 is 1.44 bits per heavy atom. The molecule has 2 aromatic rings. The first-order valence-electron chi connectivity index (χ1n) is 8.23. The highest BCUT2D eigenvalue weighted by molar-refractivity contribution is 7.94. The minimum absolute atomic E-state index is 0.152. The summed E-state index contributed by atoms with van der Waals surface area (Å²) >= 11 is 6.32. The largest absolute Gasteiger partial charge is 0.465 e. The molecule has 0 radical (unpaired) electrons. The molecule has 1 aliphatic rings. The van der Waals surface area contributed by atoms with E-state index in [2.05, 4.69) is 20.3 Å². The smallest absolute Gasteiger partial charge is 0.340 e. The molecule has 0 aliphatic heterocycles. The fraction of sp³-hybridized carbons (Fsp3) is 0.562. The highest BCUT2D eigenvalue weighted by atomic mass is 35.5. The fourth-order valence-corrected chi connectivity index (χ4v) is 2.99. The highest BCUT2D eigenvalue weighted by Gasteiger charge is 2.21. The van der Waals surface area contributed by atoms with E-state index in [4.69, 9.17) is 16.3 Å². The van der Waals surface area contributed by atoms with Crippen molar-refractivity contribution in [3.8, 4) is 0 Å². The average molecular weight is 389 g/mol. The maximum atomic E-state index is 11.9. The van der Waals surface area contributed by atoms with Crippen LogP contribution < -0.4 is 5.32 Å². The molecule has 0 unspecified atom stereocenters. The fourth-order valence-electron chi connectivity index (χ4n) is 2.82. The van der Waals surface area contributed by atoms with E-state index in [0.717, 1.165) is 12.8 Å². The van der Waals surface area contributed by atoms with Gasteiger partial charge in [0.2, 0.25) is 5.28 Å². The number of methoxy groups -OCH3 is 1. The lowest BCUT2D eigenvalue weighted by molar-refractivity contribution is 0.0603. The molecule has 0 saturated heterocycles. The van der Waals surface area contributed by atoms with E-state index in [1.54, 1.807) is 13.1 Å². The second-order valence-electron chi connectivity index (χ2n) is 5.64. The van der Waals surface area contributed by atoms with Crippen molar-refractivity contribution in [1.29, 1.82) is 0 Å². The van der Waals surface area contributed by atoms with Gasteiger partial charge in [-0.25, -0.2) is 9.78 Å². The summed E-state index contributed by atoms with van der Waals surface area (Å²) in [7, 11) is 1.35. The Kier molecular flexibility index (Phi) is 7.77. The van der Waals surface area contributed by atoms with Crippen LogP contribution in [0.1, 0.15) is 49.4 Å². The number of aromatic amines is 1. The summed E-state index contributed by atoms with van der Waals surface area (Å²) in [6, 6.07) is 0.355. The number of rotatable bonds is 4. The first-order chi connectivity index (χ1) is 12.1. The van der Waals surface area contributed by atoms with Gasteiger partial charge in [-0.1, -0.05) is 26.2 Å². The van der Waals surface area contributed by atoms with Gasteiger partial charge in [0.15, 0.2) is 0 Å². The monoisotopic (exact) mass is 388 g/mol. The molecule has 2 N–H and O–H groups in total. The third-order valence-corrected chi connectivity index (χ3v) is 4.35. The number of carbonyl (C=O) groups is 1. The first-order valence-corrected chi connectivity index (χ1v) is 9.50. The second kappa shape index (κ2) is 9.82. The number of H-pyrrole nitrogens is 1. The number of aromatic nitrogens is 3. The molecule has 2 heterocycles. The predicted molar refractivity (Wildman–Crippen MR) is 100.0 cm³/mol. The first kappa shape index (κ1) is 19.8. The van der Waals surface area contributed by atoms with Crippen molar-refractivity contribution in [2.24, 2.45) is 0 Å². The van der Waals surface area contributed by atoms with Crippen molar-refractivity contribution in [3.63, 3.8) is 0 Å². The molecule has 2 aromatic heterocycles. The maximum absolute atomic E-state index is 11.9. The Hall–Kier alpha value is -1.54. The topological polar surface area (TPSA) is 79.9 Å². The molecule has 138 valence electrons. The van der Waals surface area contributed by atoms with Gasteiger partial charge < -0.3 is 15.0 Å². The van der Waals surface area contributed by atoms with Gasteiger partial charge in [-0.15, -0.1) is 0 Å². The third kappa shape index (κ3) is 5.22. The van der Waals surface area contributed by atoms with Gasteiger partial charge in [-0.05, 0) is 24.4 Å². The van der Waals surface area contributed by atoms with Gasteiger partial charge in [0.1, 0.15) is 11.5 Å². The number of halogens is 2. The summed E-state index contributed by atoms with van der Waals surface area (Å²) < 4.78 is 15.4. The van der Waals surface area contributed by atoms with Crippen molar-refractivity contribution < 1.29 is 13.4 Å². The number of carbonyl (C=O) groups excluding carboxylic acids is 1. The van der Waals surface area contributed by atoms with Crippen LogP contribution in [0.5, 0.6) is 0 Å². The van der Waals surface area contributed by atoms with E-state index in [1.807, 2.05) is 0 Å². The lowest BCUT2D eigenvalue weighted by Gasteiger charge is -2.23. The molecule has 1 aliphatic carbocycles. The number of hydrogen-bond acceptors (Lipinski definition) is 6. The molecule has 1 saturated carbocycles. The zero-order chi connectivity index (χ0) is 18.2. The molecule has 0 bridgehead atoms. The Labute approximate surface area is 155 Å². The van der Waals surface area contributed by atoms with E-state index in [1.165, 1.54) is 26.4 Å². The number of anilines is 1. The van der Waals surface area contributed by atoms with Crippen LogP contribution in [0.4, 0.5) is 9.70 Å². The zero-order valence-electron chi connectivity index (χ0n) is 14.3. The lowest BCUT2D eigenvalue weighted by Crippen LogP contribution is -2.23. The number of nitrogens with one attached hydrogen (secondary N) is 2. The van der Waals surface area contributed by atoms with E-state index >= 15 is 0 Å². The maximum Gasteiger partial charge on any atom is 0.340 e. The minimum Gasteiger partial charge on any atom is -0.465 e. The van der Waals surface area contributed by atoms with Crippen molar-refractivity contribution in [2.75, 3.05) is 18.2 Å². The van der Waals surface area contributed by atoms with Crippen LogP contribution in [-0.4, -0.2) is 39.8 Å². The number of hydrogen-bond donors (Lipinski definition) is 2. The van der Waals surface area contributed by atoms with Crippen LogP contribution in [0.25, 0.3) is 11.0 Å². The normalized spacial score (nSPS) is 14.7. The van der Waals surface area contributed by atoms with Crippen molar-refractivity contribution in [3.05, 3.63) is 17.0 Å². The Bertz CT molecular complexity index is 705. The Morgan fingerprint density at radius 3 is 2.72 bits per heavy atom. The molecular formula is C16H22ClFN4O2S. The van der Waals surface area contributed by atoms with Crippen LogP contribution in [-0.2, 0) is 4.74 Å². The summed E-state index contributed by atoms with van der Waals surface area (Å²) in [6.07, 6.45) is 7.46. The van der Waals surface area contributed by atoms with Crippen molar-refractivity contribution in [2.45, 2.75) is 45.1 Å². The number of esters is 1. The Balaban J connectivity index is 0.000000511. The number of ether oxygens (including phenoxy) is 1. The second-order valence-corrected chi connectivity index (χ2v) is 6.77. The van der Waals surface area contributed by atoms with Gasteiger partial charge in [-0.3, -0.25) is 0 Å². The minimum atomic E-state index is -0.418. The average Bonchev–Trinajstić information content (AvgIpc) is 3.06. The molecule has 0 amide bonds. The molecular weight excluding hydrogens is 367 g/mol. The van der Waals surface area contributed by atoms with E-state index in [0.29, 0.717) is 46.4 Å². The number of fused-ring (bicyclic) bond motifs is 1. The highest BCUT2D eigenvalue weighted by Crippen LogP contribution is 2.29. The molecule has 9 heteroatoms. The van der Waals surface area contributed by atoms with Crippen molar-refractivity contribution in [1.82, 2.24) is 15.0 Å². The van der Waals surface area contributed by atoms with Crippen LogP contribution in [0, 0.1) is 0 Å². The summed E-state index contributed by atoms with van der Waals surface area (Å²) in [5.74, 6) is 0.748. The third-order valence-electron chi connectivity index (χ3n) is 3.96. The van der Waals surface area contributed by atoms with Gasteiger partial charge in [-0.2, -0.15) is 8.87 Å². The molecule has 0 spiro atoms. The molecule has 3 rings (SSSR count). The van der Waals surface area contributed by atoms with E-state index < -0.39 is 5.97 Å². The SMILES string of the molecule is CCSF.COC(=O)c1c[nH]c2nc(Cl)nc(NC3CCCCC3)c12. The molecule has 0 atom stereocenters. The van der Waals surface area contributed by atoms with Crippen LogP contribution in [0.15, 0.2) is 6.20 Å². The number of nitrogens with zero attached hydrogens (tertiary/aromatic N) is 2. The molecule has 6 nitrogen and oxygen atoms in total.